The van der Waals surface area contributed by atoms with Gasteiger partial charge in [0.05, 0.1) is 0 Å². The van der Waals surface area contributed by atoms with Crippen molar-refractivity contribution in [1.82, 2.24) is 10.2 Å². The molecule has 1 fully saturated rings. The molecule has 1 rings (SSSR count). The van der Waals surface area contributed by atoms with Gasteiger partial charge < -0.3 is 10.2 Å². The summed E-state index contributed by atoms with van der Waals surface area (Å²) in [4.78, 5) is 13.5. The molecule has 1 aliphatic rings. The first-order valence-corrected chi connectivity index (χ1v) is 6.94. The second-order valence-electron chi connectivity index (χ2n) is 4.09. The van der Waals surface area contributed by atoms with Crippen LogP contribution in [-0.2, 0) is 15.6 Å². The van der Waals surface area contributed by atoms with Crippen LogP contribution in [0.5, 0.6) is 0 Å². The number of amides is 1. The van der Waals surface area contributed by atoms with Gasteiger partial charge in [-0.3, -0.25) is 9.00 Å². The highest BCUT2D eigenvalue weighted by Crippen LogP contribution is 2.02. The highest BCUT2D eigenvalue weighted by atomic mass is 32.2. The molecule has 1 N–H and O–H groups in total. The monoisotopic (exact) mass is 232 g/mol. The molecule has 0 spiro atoms. The Hall–Kier alpha value is -0.420. The Morgan fingerprint density at radius 1 is 1.40 bits per heavy atom. The number of hydrogen-bond acceptors (Lipinski definition) is 3. The molecule has 1 aliphatic heterocycles. The maximum atomic E-state index is 11.7. The van der Waals surface area contributed by atoms with E-state index >= 15 is 0 Å². The van der Waals surface area contributed by atoms with Crippen molar-refractivity contribution in [1.29, 1.82) is 0 Å². The van der Waals surface area contributed by atoms with E-state index in [0.717, 1.165) is 6.54 Å². The molecule has 0 aromatic rings. The standard InChI is InChI=1S/C10H20N2O2S/c1-9(2)11-4-3-10(13)12-5-7-15(14)8-6-12/h9,11H,3-8H2,1-2H3. The number of carbonyl (C=O) groups excluding carboxylic acids is 1. The van der Waals surface area contributed by atoms with Gasteiger partial charge in [-0.05, 0) is 0 Å². The van der Waals surface area contributed by atoms with Crippen molar-refractivity contribution in [3.63, 3.8) is 0 Å². The van der Waals surface area contributed by atoms with E-state index in [2.05, 4.69) is 19.2 Å². The number of carbonyl (C=O) groups is 1. The Morgan fingerprint density at radius 3 is 2.53 bits per heavy atom. The Balaban J connectivity index is 2.19. The average molecular weight is 232 g/mol. The van der Waals surface area contributed by atoms with Crippen LogP contribution in [0.2, 0.25) is 0 Å². The van der Waals surface area contributed by atoms with Gasteiger partial charge in [0.2, 0.25) is 5.91 Å². The first kappa shape index (κ1) is 12.6. The zero-order valence-electron chi connectivity index (χ0n) is 9.49. The smallest absolute Gasteiger partial charge is 0.223 e. The molecule has 15 heavy (non-hydrogen) atoms. The fourth-order valence-corrected chi connectivity index (χ4v) is 2.57. The number of nitrogens with zero attached hydrogens (tertiary/aromatic N) is 1. The van der Waals surface area contributed by atoms with E-state index < -0.39 is 10.8 Å². The molecule has 1 heterocycles. The van der Waals surface area contributed by atoms with Crippen molar-refractivity contribution in [3.8, 4) is 0 Å². The second kappa shape index (κ2) is 6.23. The second-order valence-corrected chi connectivity index (χ2v) is 5.78. The van der Waals surface area contributed by atoms with Crippen molar-refractivity contribution in [2.75, 3.05) is 31.1 Å². The summed E-state index contributed by atoms with van der Waals surface area (Å²) in [6, 6.07) is 0.423. The lowest BCUT2D eigenvalue weighted by Crippen LogP contribution is -2.42. The van der Waals surface area contributed by atoms with Gasteiger partial charge in [0.1, 0.15) is 0 Å². The third-order valence-electron chi connectivity index (χ3n) is 2.42. The summed E-state index contributed by atoms with van der Waals surface area (Å²) in [5, 5.41) is 3.22. The van der Waals surface area contributed by atoms with Crippen LogP contribution < -0.4 is 5.32 Å². The zero-order valence-corrected chi connectivity index (χ0v) is 10.3. The van der Waals surface area contributed by atoms with Crippen LogP contribution >= 0.6 is 0 Å². The molecule has 0 aromatic heterocycles. The molecule has 0 unspecified atom stereocenters. The molecular weight excluding hydrogens is 212 g/mol. The lowest BCUT2D eigenvalue weighted by atomic mass is 10.3. The highest BCUT2D eigenvalue weighted by molar-refractivity contribution is 7.85. The SMILES string of the molecule is CC(C)NCCC(=O)N1CCS(=O)CC1. The van der Waals surface area contributed by atoms with E-state index in [9.17, 15) is 9.00 Å². The third kappa shape index (κ3) is 4.75. The Kier molecular flexibility index (Phi) is 5.25. The van der Waals surface area contributed by atoms with Gasteiger partial charge >= 0.3 is 0 Å². The van der Waals surface area contributed by atoms with Crippen molar-refractivity contribution < 1.29 is 9.00 Å². The fourth-order valence-electron chi connectivity index (χ4n) is 1.51. The lowest BCUT2D eigenvalue weighted by molar-refractivity contribution is -0.130. The number of rotatable bonds is 4. The first-order chi connectivity index (χ1) is 7.09. The minimum atomic E-state index is -0.700. The summed E-state index contributed by atoms with van der Waals surface area (Å²) >= 11 is 0. The summed E-state index contributed by atoms with van der Waals surface area (Å²) in [6.07, 6.45) is 0.546. The fraction of sp³-hybridized carbons (Fsp3) is 0.900. The van der Waals surface area contributed by atoms with Gasteiger partial charge in [0, 0.05) is 54.4 Å². The first-order valence-electron chi connectivity index (χ1n) is 5.45. The van der Waals surface area contributed by atoms with Crippen LogP contribution in [0.15, 0.2) is 0 Å². The van der Waals surface area contributed by atoms with Crippen molar-refractivity contribution >= 4 is 16.7 Å². The quantitative estimate of drug-likeness (QED) is 0.740. The predicted molar refractivity (Wildman–Crippen MR) is 62.2 cm³/mol. The number of nitrogens with one attached hydrogen (secondary N) is 1. The Bertz CT molecular complexity index is 234. The molecule has 5 heteroatoms. The summed E-state index contributed by atoms with van der Waals surface area (Å²) in [6.45, 7) is 6.18. The van der Waals surface area contributed by atoms with Crippen molar-refractivity contribution in [2.45, 2.75) is 26.3 Å². The summed E-state index contributed by atoms with van der Waals surface area (Å²) in [5.41, 5.74) is 0. The van der Waals surface area contributed by atoms with Gasteiger partial charge in [-0.15, -0.1) is 0 Å². The van der Waals surface area contributed by atoms with E-state index in [-0.39, 0.29) is 5.91 Å². The van der Waals surface area contributed by atoms with Gasteiger partial charge in [-0.2, -0.15) is 0 Å². The summed E-state index contributed by atoms with van der Waals surface area (Å²) in [5.74, 6) is 1.46. The minimum Gasteiger partial charge on any atom is -0.341 e. The maximum Gasteiger partial charge on any atom is 0.223 e. The molecule has 0 atom stereocenters. The summed E-state index contributed by atoms with van der Waals surface area (Å²) in [7, 11) is -0.700. The topological polar surface area (TPSA) is 49.4 Å². The lowest BCUT2D eigenvalue weighted by Gasteiger charge is -2.26. The predicted octanol–water partition coefficient (Wildman–Crippen LogP) is -0.0346. The normalized spacial score (nSPS) is 18.5. The molecule has 88 valence electrons. The van der Waals surface area contributed by atoms with Crippen LogP contribution in [0.25, 0.3) is 0 Å². The van der Waals surface area contributed by atoms with Crippen molar-refractivity contribution in [2.24, 2.45) is 0 Å². The van der Waals surface area contributed by atoms with E-state index in [1.54, 1.807) is 0 Å². The van der Waals surface area contributed by atoms with Crippen LogP contribution in [0.1, 0.15) is 20.3 Å². The molecule has 4 nitrogen and oxygen atoms in total. The van der Waals surface area contributed by atoms with Crippen LogP contribution in [0, 0.1) is 0 Å². The van der Waals surface area contributed by atoms with E-state index in [1.807, 2.05) is 4.90 Å². The van der Waals surface area contributed by atoms with E-state index in [0.29, 0.717) is 37.1 Å². The van der Waals surface area contributed by atoms with E-state index in [1.165, 1.54) is 0 Å². The highest BCUT2D eigenvalue weighted by Gasteiger charge is 2.19. The molecule has 0 bridgehead atoms. The molecule has 1 amide bonds. The molecule has 0 saturated carbocycles. The van der Waals surface area contributed by atoms with Crippen LogP contribution in [0.3, 0.4) is 0 Å². The third-order valence-corrected chi connectivity index (χ3v) is 3.70. The van der Waals surface area contributed by atoms with Crippen LogP contribution in [0.4, 0.5) is 0 Å². The Morgan fingerprint density at radius 2 is 2.00 bits per heavy atom. The minimum absolute atomic E-state index is 0.180. The van der Waals surface area contributed by atoms with Gasteiger partial charge in [-0.1, -0.05) is 13.8 Å². The van der Waals surface area contributed by atoms with Gasteiger partial charge in [-0.25, -0.2) is 0 Å². The van der Waals surface area contributed by atoms with E-state index in [4.69, 9.17) is 0 Å². The molecule has 1 saturated heterocycles. The largest absolute Gasteiger partial charge is 0.341 e. The van der Waals surface area contributed by atoms with Gasteiger partial charge in [0.25, 0.3) is 0 Å². The van der Waals surface area contributed by atoms with Crippen LogP contribution in [-0.4, -0.2) is 52.2 Å². The molecule has 0 aliphatic carbocycles. The molecule has 0 radical (unpaired) electrons. The van der Waals surface area contributed by atoms with Crippen molar-refractivity contribution in [3.05, 3.63) is 0 Å². The summed E-state index contributed by atoms with van der Waals surface area (Å²) < 4.78 is 11.1. The maximum absolute atomic E-state index is 11.7. The zero-order chi connectivity index (χ0) is 11.3. The van der Waals surface area contributed by atoms with Gasteiger partial charge in [0.15, 0.2) is 0 Å². The number of hydrogen-bond donors (Lipinski definition) is 1. The average Bonchev–Trinajstić information content (AvgIpc) is 2.18. The molecule has 0 aromatic carbocycles. The Labute approximate surface area is 93.9 Å². The molecular formula is C10H20N2O2S.